The van der Waals surface area contributed by atoms with Crippen molar-refractivity contribution >= 4 is 5.91 Å². The highest BCUT2D eigenvalue weighted by atomic mass is 16.5. The monoisotopic (exact) mass is 313 g/mol. The minimum atomic E-state index is -0.105. The largest absolute Gasteiger partial charge is 0.492 e. The van der Waals surface area contributed by atoms with Crippen LogP contribution in [0, 0.1) is 5.92 Å². The van der Waals surface area contributed by atoms with E-state index in [1.807, 2.05) is 53.2 Å². The summed E-state index contributed by atoms with van der Waals surface area (Å²) in [5, 5.41) is 4.28. The first kappa shape index (κ1) is 15.6. The van der Waals surface area contributed by atoms with E-state index in [4.69, 9.17) is 4.74 Å². The molecule has 0 bridgehead atoms. The first-order valence-corrected chi connectivity index (χ1v) is 8.22. The van der Waals surface area contributed by atoms with Crippen LogP contribution in [0.25, 0.3) is 0 Å². The normalized spacial score (nSPS) is 16.5. The van der Waals surface area contributed by atoms with E-state index in [-0.39, 0.29) is 11.8 Å². The van der Waals surface area contributed by atoms with Gasteiger partial charge in [-0.05, 0) is 31.9 Å². The number of amides is 1. The van der Waals surface area contributed by atoms with Gasteiger partial charge in [-0.15, -0.1) is 0 Å². The molecule has 1 aromatic carbocycles. The minimum absolute atomic E-state index is 0.105. The molecular formula is C18H23N3O2. The number of rotatable bonds is 5. The number of ether oxygens (including phenoxy) is 1. The van der Waals surface area contributed by atoms with Gasteiger partial charge in [-0.3, -0.25) is 9.48 Å². The number of benzene rings is 1. The molecular weight excluding hydrogens is 290 g/mol. The van der Waals surface area contributed by atoms with E-state index in [9.17, 15) is 4.79 Å². The lowest BCUT2D eigenvalue weighted by Crippen LogP contribution is -2.40. The Balaban J connectivity index is 1.68. The quantitative estimate of drug-likeness (QED) is 0.852. The third-order valence-electron chi connectivity index (χ3n) is 4.31. The highest BCUT2D eigenvalue weighted by Crippen LogP contribution is 2.28. The molecule has 2 heterocycles. The molecule has 0 saturated heterocycles. The Morgan fingerprint density at radius 2 is 2.22 bits per heavy atom. The average molecular weight is 313 g/mol. The van der Waals surface area contributed by atoms with Crippen molar-refractivity contribution in [3.05, 3.63) is 47.8 Å². The summed E-state index contributed by atoms with van der Waals surface area (Å²) < 4.78 is 7.64. The summed E-state index contributed by atoms with van der Waals surface area (Å²) in [5.41, 5.74) is 2.19. The number of hydrogen-bond acceptors (Lipinski definition) is 3. The Bertz CT molecular complexity index is 680. The second kappa shape index (κ2) is 6.86. The van der Waals surface area contributed by atoms with Gasteiger partial charge >= 0.3 is 0 Å². The van der Waals surface area contributed by atoms with Gasteiger partial charge in [0.15, 0.2) is 0 Å². The molecule has 0 radical (unpaired) electrons. The maximum atomic E-state index is 12.8. The van der Waals surface area contributed by atoms with Gasteiger partial charge in [0.1, 0.15) is 12.4 Å². The summed E-state index contributed by atoms with van der Waals surface area (Å²) in [6.07, 6.45) is 4.59. The van der Waals surface area contributed by atoms with Crippen LogP contribution in [0.15, 0.2) is 36.7 Å². The van der Waals surface area contributed by atoms with Crippen LogP contribution in [0.3, 0.4) is 0 Å². The first-order chi connectivity index (χ1) is 11.2. The summed E-state index contributed by atoms with van der Waals surface area (Å²) in [5.74, 6) is 0.959. The zero-order valence-corrected chi connectivity index (χ0v) is 13.7. The fraction of sp³-hybridized carbons (Fsp3) is 0.444. The van der Waals surface area contributed by atoms with Crippen LogP contribution in [-0.4, -0.2) is 33.7 Å². The molecule has 5 heteroatoms. The number of fused-ring (bicyclic) bond motifs is 1. The van der Waals surface area contributed by atoms with Crippen molar-refractivity contribution < 1.29 is 9.53 Å². The van der Waals surface area contributed by atoms with Gasteiger partial charge in [-0.25, -0.2) is 0 Å². The van der Waals surface area contributed by atoms with Gasteiger partial charge in [0.2, 0.25) is 5.91 Å². The number of hydrogen-bond donors (Lipinski definition) is 0. The smallest absolute Gasteiger partial charge is 0.229 e. The number of nitrogens with zero attached hydrogens (tertiary/aromatic N) is 3. The van der Waals surface area contributed by atoms with Crippen molar-refractivity contribution in [3.8, 4) is 5.75 Å². The molecule has 5 nitrogen and oxygen atoms in total. The van der Waals surface area contributed by atoms with Gasteiger partial charge in [-0.1, -0.05) is 18.2 Å². The zero-order chi connectivity index (χ0) is 16.2. The number of carbonyl (C=O) groups excluding carboxylic acids is 1. The zero-order valence-electron chi connectivity index (χ0n) is 13.7. The molecule has 1 aliphatic heterocycles. The SMILES string of the molecule is CCN(Cc1cnn(CC)c1)C(=O)[C@@H]1COc2ccccc2C1. The van der Waals surface area contributed by atoms with Gasteiger partial charge in [0.05, 0.1) is 12.1 Å². The second-order valence-electron chi connectivity index (χ2n) is 5.88. The highest BCUT2D eigenvalue weighted by molar-refractivity contribution is 5.79. The molecule has 23 heavy (non-hydrogen) atoms. The van der Waals surface area contributed by atoms with Gasteiger partial charge in [0.25, 0.3) is 0 Å². The van der Waals surface area contributed by atoms with Crippen LogP contribution in [0.5, 0.6) is 5.75 Å². The van der Waals surface area contributed by atoms with Crippen molar-refractivity contribution in [3.63, 3.8) is 0 Å². The van der Waals surface area contributed by atoms with Crippen molar-refractivity contribution in [2.75, 3.05) is 13.2 Å². The summed E-state index contributed by atoms with van der Waals surface area (Å²) >= 11 is 0. The predicted octanol–water partition coefficient (Wildman–Crippen LogP) is 2.50. The first-order valence-electron chi connectivity index (χ1n) is 8.22. The van der Waals surface area contributed by atoms with Crippen LogP contribution in [0.1, 0.15) is 25.0 Å². The molecule has 1 aromatic heterocycles. The predicted molar refractivity (Wildman–Crippen MR) is 88.1 cm³/mol. The Morgan fingerprint density at radius 1 is 1.39 bits per heavy atom. The third-order valence-corrected chi connectivity index (χ3v) is 4.31. The van der Waals surface area contributed by atoms with Crippen molar-refractivity contribution in [2.24, 2.45) is 5.92 Å². The molecule has 1 amide bonds. The molecule has 3 rings (SSSR count). The van der Waals surface area contributed by atoms with Crippen molar-refractivity contribution in [1.82, 2.24) is 14.7 Å². The van der Waals surface area contributed by atoms with Crippen LogP contribution >= 0.6 is 0 Å². The lowest BCUT2D eigenvalue weighted by atomic mass is 9.95. The van der Waals surface area contributed by atoms with Crippen LogP contribution < -0.4 is 4.74 Å². The van der Waals surface area contributed by atoms with E-state index < -0.39 is 0 Å². The Morgan fingerprint density at radius 3 is 2.96 bits per heavy atom. The van der Waals surface area contributed by atoms with Gasteiger partial charge < -0.3 is 9.64 Å². The van der Waals surface area contributed by atoms with Crippen LogP contribution in [0.4, 0.5) is 0 Å². The molecule has 0 fully saturated rings. The Hall–Kier alpha value is -2.30. The Labute approximate surface area is 136 Å². The molecule has 1 atom stereocenters. The molecule has 0 N–H and O–H groups in total. The third kappa shape index (κ3) is 3.38. The topological polar surface area (TPSA) is 47.4 Å². The number of aromatic nitrogens is 2. The molecule has 0 aliphatic carbocycles. The van der Waals surface area contributed by atoms with Gasteiger partial charge in [0, 0.05) is 31.4 Å². The number of carbonyl (C=O) groups is 1. The van der Waals surface area contributed by atoms with Crippen LogP contribution in [-0.2, 0) is 24.3 Å². The van der Waals surface area contributed by atoms with Crippen molar-refractivity contribution in [1.29, 1.82) is 0 Å². The maximum absolute atomic E-state index is 12.8. The fourth-order valence-corrected chi connectivity index (χ4v) is 2.97. The lowest BCUT2D eigenvalue weighted by molar-refractivity contribution is -0.137. The van der Waals surface area contributed by atoms with Crippen molar-refractivity contribution in [2.45, 2.75) is 33.4 Å². The summed E-state index contributed by atoms with van der Waals surface area (Å²) in [6.45, 7) is 6.66. The van der Waals surface area contributed by atoms with E-state index in [1.165, 1.54) is 0 Å². The second-order valence-corrected chi connectivity index (χ2v) is 5.88. The standard InChI is InChI=1S/C18H23N3O2/c1-3-20(11-14-10-19-21(4-2)12-14)18(22)16-9-15-7-5-6-8-17(15)23-13-16/h5-8,10,12,16H,3-4,9,11,13H2,1-2H3/t16-/m0/s1. The molecule has 0 saturated carbocycles. The van der Waals surface area contributed by atoms with Gasteiger partial charge in [-0.2, -0.15) is 5.10 Å². The average Bonchev–Trinajstić information content (AvgIpc) is 3.06. The molecule has 2 aromatic rings. The fourth-order valence-electron chi connectivity index (χ4n) is 2.97. The highest BCUT2D eigenvalue weighted by Gasteiger charge is 2.29. The molecule has 0 unspecified atom stereocenters. The molecule has 122 valence electrons. The minimum Gasteiger partial charge on any atom is -0.492 e. The van der Waals surface area contributed by atoms with Crippen LogP contribution in [0.2, 0.25) is 0 Å². The van der Waals surface area contributed by atoms with E-state index >= 15 is 0 Å². The summed E-state index contributed by atoms with van der Waals surface area (Å²) in [6, 6.07) is 7.96. The van der Waals surface area contributed by atoms with E-state index in [0.717, 1.165) is 29.8 Å². The summed E-state index contributed by atoms with van der Waals surface area (Å²) in [4.78, 5) is 14.7. The molecule has 1 aliphatic rings. The Kier molecular flexibility index (Phi) is 4.65. The van der Waals surface area contributed by atoms with E-state index in [1.54, 1.807) is 0 Å². The summed E-state index contributed by atoms with van der Waals surface area (Å²) in [7, 11) is 0. The number of para-hydroxylation sites is 1. The number of aryl methyl sites for hydroxylation is 1. The maximum Gasteiger partial charge on any atom is 0.229 e. The lowest BCUT2D eigenvalue weighted by Gasteiger charge is -2.29. The molecule has 0 spiro atoms. The van der Waals surface area contributed by atoms with E-state index in [2.05, 4.69) is 12.0 Å². The van der Waals surface area contributed by atoms with E-state index in [0.29, 0.717) is 19.7 Å².